The quantitative estimate of drug-likeness (QED) is 0.649. The number of hydrogen-bond donors (Lipinski definition) is 2. The number of hydrogen-bond acceptors (Lipinski definition) is 4. The van der Waals surface area contributed by atoms with E-state index in [0.717, 1.165) is 12.5 Å². The molecule has 0 fully saturated rings. The third kappa shape index (κ3) is 4.91. The summed E-state index contributed by atoms with van der Waals surface area (Å²) in [6, 6.07) is 8.33. The van der Waals surface area contributed by atoms with Crippen molar-refractivity contribution in [3.63, 3.8) is 0 Å². The van der Waals surface area contributed by atoms with Gasteiger partial charge in [-0.1, -0.05) is 35.0 Å². The summed E-state index contributed by atoms with van der Waals surface area (Å²) in [5.74, 6) is 1.92. The van der Waals surface area contributed by atoms with Gasteiger partial charge in [0.25, 0.3) is 0 Å². The van der Waals surface area contributed by atoms with Crippen LogP contribution in [0.4, 0.5) is 0 Å². The van der Waals surface area contributed by atoms with Gasteiger partial charge in [-0.2, -0.15) is 4.98 Å². The predicted octanol–water partition coefficient (Wildman–Crippen LogP) is 1.94. The standard InChI is InChI=1S/C15H21N5O/c1-4-16-15(18-10-14-19-12(3)21-20-14)17-9-13-7-5-6-11(2)8-13/h5-8H,4,9-10H2,1-3H3,(H2,16,17,18). The number of rotatable bonds is 5. The number of aromatic nitrogens is 2. The topological polar surface area (TPSA) is 75.3 Å². The highest BCUT2D eigenvalue weighted by atomic mass is 16.5. The fourth-order valence-electron chi connectivity index (χ4n) is 1.90. The molecule has 6 nitrogen and oxygen atoms in total. The molecule has 2 rings (SSSR count). The molecule has 0 aliphatic heterocycles. The lowest BCUT2D eigenvalue weighted by Crippen LogP contribution is -2.37. The van der Waals surface area contributed by atoms with Crippen molar-refractivity contribution in [2.75, 3.05) is 6.54 Å². The van der Waals surface area contributed by atoms with Gasteiger partial charge in [0.05, 0.1) is 13.1 Å². The molecule has 0 bridgehead atoms. The van der Waals surface area contributed by atoms with Gasteiger partial charge in [0.1, 0.15) is 0 Å². The Hall–Kier alpha value is -2.37. The van der Waals surface area contributed by atoms with Crippen molar-refractivity contribution >= 4 is 5.96 Å². The van der Waals surface area contributed by atoms with Gasteiger partial charge in [-0.05, 0) is 19.4 Å². The van der Waals surface area contributed by atoms with E-state index in [-0.39, 0.29) is 0 Å². The summed E-state index contributed by atoms with van der Waals surface area (Å²) in [6.45, 7) is 7.79. The van der Waals surface area contributed by atoms with E-state index in [1.807, 2.05) is 13.0 Å². The Bertz CT molecular complexity index is 606. The summed E-state index contributed by atoms with van der Waals surface area (Å²) in [6.07, 6.45) is 0. The van der Waals surface area contributed by atoms with Crippen LogP contribution in [-0.4, -0.2) is 22.6 Å². The molecule has 0 aliphatic rings. The van der Waals surface area contributed by atoms with Crippen molar-refractivity contribution in [1.82, 2.24) is 20.8 Å². The van der Waals surface area contributed by atoms with Crippen LogP contribution in [0, 0.1) is 13.8 Å². The van der Waals surface area contributed by atoms with Crippen LogP contribution in [0.3, 0.4) is 0 Å². The first-order valence-corrected chi connectivity index (χ1v) is 7.04. The average Bonchev–Trinajstić information content (AvgIpc) is 2.88. The number of aryl methyl sites for hydroxylation is 2. The van der Waals surface area contributed by atoms with Gasteiger partial charge in [-0.25, -0.2) is 4.99 Å². The Morgan fingerprint density at radius 2 is 2.14 bits per heavy atom. The molecule has 0 amide bonds. The van der Waals surface area contributed by atoms with E-state index < -0.39 is 0 Å². The van der Waals surface area contributed by atoms with Crippen molar-refractivity contribution in [3.8, 4) is 0 Å². The van der Waals surface area contributed by atoms with Crippen molar-refractivity contribution in [1.29, 1.82) is 0 Å². The van der Waals surface area contributed by atoms with Crippen LogP contribution in [0.25, 0.3) is 0 Å². The second kappa shape index (κ2) is 7.42. The van der Waals surface area contributed by atoms with E-state index in [2.05, 4.69) is 50.9 Å². The van der Waals surface area contributed by atoms with E-state index in [0.29, 0.717) is 24.8 Å². The Morgan fingerprint density at radius 1 is 1.29 bits per heavy atom. The van der Waals surface area contributed by atoms with Crippen LogP contribution in [0.2, 0.25) is 0 Å². The second-order valence-corrected chi connectivity index (χ2v) is 4.77. The van der Waals surface area contributed by atoms with Gasteiger partial charge in [-0.3, -0.25) is 0 Å². The molecule has 0 radical (unpaired) electrons. The lowest BCUT2D eigenvalue weighted by molar-refractivity contribution is 0.387. The number of guanidine groups is 1. The van der Waals surface area contributed by atoms with Crippen LogP contribution >= 0.6 is 0 Å². The first kappa shape index (κ1) is 15.0. The van der Waals surface area contributed by atoms with Gasteiger partial charge in [0.15, 0.2) is 11.8 Å². The zero-order valence-corrected chi connectivity index (χ0v) is 12.7. The van der Waals surface area contributed by atoms with Crippen molar-refractivity contribution in [2.45, 2.75) is 33.9 Å². The molecule has 1 aromatic heterocycles. The largest absolute Gasteiger partial charge is 0.357 e. The summed E-state index contributed by atoms with van der Waals surface area (Å²) >= 11 is 0. The molecule has 1 aromatic carbocycles. The zero-order chi connectivity index (χ0) is 15.1. The molecular weight excluding hydrogens is 266 g/mol. The molecule has 6 heteroatoms. The van der Waals surface area contributed by atoms with Gasteiger partial charge < -0.3 is 15.2 Å². The predicted molar refractivity (Wildman–Crippen MR) is 81.9 cm³/mol. The highest BCUT2D eigenvalue weighted by Crippen LogP contribution is 2.05. The second-order valence-electron chi connectivity index (χ2n) is 4.77. The van der Waals surface area contributed by atoms with Crippen LogP contribution in [0.15, 0.2) is 33.8 Å². The summed E-state index contributed by atoms with van der Waals surface area (Å²) in [5, 5.41) is 10.2. The summed E-state index contributed by atoms with van der Waals surface area (Å²) in [5.41, 5.74) is 2.42. The lowest BCUT2D eigenvalue weighted by atomic mass is 10.1. The Kier molecular flexibility index (Phi) is 5.31. The van der Waals surface area contributed by atoms with Gasteiger partial charge in [-0.15, -0.1) is 0 Å². The van der Waals surface area contributed by atoms with Crippen LogP contribution in [0.1, 0.15) is 29.8 Å². The minimum Gasteiger partial charge on any atom is -0.357 e. The number of nitrogens with one attached hydrogen (secondary N) is 2. The molecule has 0 saturated heterocycles. The summed E-state index contributed by atoms with van der Waals surface area (Å²) in [7, 11) is 0. The lowest BCUT2D eigenvalue weighted by Gasteiger charge is -2.09. The molecule has 2 aromatic rings. The number of aliphatic imine (C=N–C) groups is 1. The molecular formula is C15H21N5O. The molecule has 2 N–H and O–H groups in total. The molecule has 0 saturated carbocycles. The first-order valence-electron chi connectivity index (χ1n) is 7.04. The Labute approximate surface area is 124 Å². The fraction of sp³-hybridized carbons (Fsp3) is 0.400. The zero-order valence-electron chi connectivity index (χ0n) is 12.7. The van der Waals surface area contributed by atoms with E-state index in [1.54, 1.807) is 6.92 Å². The first-order chi connectivity index (χ1) is 10.2. The van der Waals surface area contributed by atoms with Gasteiger partial charge >= 0.3 is 0 Å². The maximum atomic E-state index is 4.94. The van der Waals surface area contributed by atoms with E-state index in [9.17, 15) is 0 Å². The van der Waals surface area contributed by atoms with E-state index >= 15 is 0 Å². The minimum absolute atomic E-state index is 0.483. The molecule has 21 heavy (non-hydrogen) atoms. The van der Waals surface area contributed by atoms with E-state index in [4.69, 9.17) is 4.52 Å². The molecule has 0 unspecified atom stereocenters. The van der Waals surface area contributed by atoms with Crippen molar-refractivity contribution in [2.24, 2.45) is 4.99 Å². The number of nitrogens with zero attached hydrogens (tertiary/aromatic N) is 3. The van der Waals surface area contributed by atoms with Crippen LogP contribution < -0.4 is 10.6 Å². The maximum absolute atomic E-state index is 4.94. The highest BCUT2D eigenvalue weighted by Gasteiger charge is 2.03. The molecule has 112 valence electrons. The minimum atomic E-state index is 0.483. The molecule has 0 atom stereocenters. The molecule has 0 spiro atoms. The van der Waals surface area contributed by atoms with Crippen molar-refractivity contribution < 1.29 is 4.52 Å². The third-order valence-corrected chi connectivity index (χ3v) is 2.83. The van der Waals surface area contributed by atoms with Crippen LogP contribution in [-0.2, 0) is 13.1 Å². The molecule has 1 heterocycles. The van der Waals surface area contributed by atoms with Gasteiger partial charge in [0, 0.05) is 13.5 Å². The maximum Gasteiger partial charge on any atom is 0.223 e. The highest BCUT2D eigenvalue weighted by molar-refractivity contribution is 5.79. The van der Waals surface area contributed by atoms with Crippen molar-refractivity contribution in [3.05, 3.63) is 47.1 Å². The fourth-order valence-corrected chi connectivity index (χ4v) is 1.90. The Morgan fingerprint density at radius 3 is 2.81 bits per heavy atom. The third-order valence-electron chi connectivity index (χ3n) is 2.83. The SMILES string of the molecule is CCNC(=NCc1cccc(C)c1)NCc1noc(C)n1. The summed E-state index contributed by atoms with van der Waals surface area (Å²) < 4.78 is 4.94. The monoisotopic (exact) mass is 287 g/mol. The van der Waals surface area contributed by atoms with E-state index in [1.165, 1.54) is 11.1 Å². The Balaban J connectivity index is 1.95. The normalized spacial score (nSPS) is 11.5. The number of benzene rings is 1. The van der Waals surface area contributed by atoms with Gasteiger partial charge in [0.2, 0.25) is 5.89 Å². The van der Waals surface area contributed by atoms with Crippen LogP contribution in [0.5, 0.6) is 0 Å². The molecule has 0 aliphatic carbocycles. The average molecular weight is 287 g/mol. The smallest absolute Gasteiger partial charge is 0.223 e. The summed E-state index contributed by atoms with van der Waals surface area (Å²) in [4.78, 5) is 8.70.